The summed E-state index contributed by atoms with van der Waals surface area (Å²) in [7, 11) is 0. The van der Waals surface area contributed by atoms with Crippen LogP contribution in [-0.4, -0.2) is 30.4 Å². The van der Waals surface area contributed by atoms with Gasteiger partial charge in [-0.05, 0) is 18.2 Å². The zero-order chi connectivity index (χ0) is 13.8. The van der Waals surface area contributed by atoms with Crippen molar-refractivity contribution in [1.29, 1.82) is 0 Å². The summed E-state index contributed by atoms with van der Waals surface area (Å²) in [5.41, 5.74) is 1.30. The second-order valence-electron chi connectivity index (χ2n) is 4.03. The van der Waals surface area contributed by atoms with E-state index in [1.54, 1.807) is 24.4 Å². The summed E-state index contributed by atoms with van der Waals surface area (Å²) in [6.07, 6.45) is -0.857. The summed E-state index contributed by atoms with van der Waals surface area (Å²) in [5.74, 6) is -0.164. The maximum atomic E-state index is 11.9. The number of Topliss-reactive ketones (excluding diaryl/α,β-unsaturated/α-hetero) is 1. The smallest absolute Gasteiger partial charge is 0.261 e. The van der Waals surface area contributed by atoms with Gasteiger partial charge < -0.3 is 9.72 Å². The van der Waals surface area contributed by atoms with Gasteiger partial charge in [-0.1, -0.05) is 11.6 Å². The number of carbonyl (C=O) groups excluding carboxylic acids is 1. The number of ether oxygens (including phenoxy) is 1. The topological polar surface area (TPSA) is 42.1 Å². The van der Waals surface area contributed by atoms with Gasteiger partial charge >= 0.3 is 0 Å². The Morgan fingerprint density at radius 2 is 2.21 bits per heavy atom. The van der Waals surface area contributed by atoms with Crippen LogP contribution in [0.25, 0.3) is 10.9 Å². The number of nitrogens with one attached hydrogen (secondary N) is 1. The van der Waals surface area contributed by atoms with Crippen LogP contribution in [0, 0.1) is 0 Å². The Kier molecular flexibility index (Phi) is 4.50. The van der Waals surface area contributed by atoms with E-state index in [0.29, 0.717) is 10.6 Å². The highest BCUT2D eigenvalue weighted by molar-refractivity contribution is 6.31. The first-order valence-corrected chi connectivity index (χ1v) is 6.11. The number of aromatic nitrogens is 1. The minimum Gasteiger partial charge on any atom is -0.375 e. The molecule has 3 nitrogen and oxygen atoms in total. The van der Waals surface area contributed by atoms with Crippen LogP contribution in [-0.2, 0) is 4.74 Å². The quantitative estimate of drug-likeness (QED) is 0.650. The molecule has 0 radical (unpaired) electrons. The van der Waals surface area contributed by atoms with Gasteiger partial charge in [0, 0.05) is 34.1 Å². The van der Waals surface area contributed by atoms with Crippen molar-refractivity contribution in [3.05, 3.63) is 35.0 Å². The summed E-state index contributed by atoms with van der Waals surface area (Å²) >= 11 is 5.88. The maximum Gasteiger partial charge on any atom is 0.261 e. The van der Waals surface area contributed by atoms with Gasteiger partial charge in [0.25, 0.3) is 6.43 Å². The van der Waals surface area contributed by atoms with Crippen LogP contribution >= 0.6 is 11.6 Å². The van der Waals surface area contributed by atoms with Gasteiger partial charge in [0.1, 0.15) is 6.61 Å². The molecule has 2 rings (SSSR count). The molecular formula is C13H12ClF2NO2. The highest BCUT2D eigenvalue weighted by atomic mass is 35.5. The summed E-state index contributed by atoms with van der Waals surface area (Å²) < 4.78 is 28.4. The third-order valence-electron chi connectivity index (χ3n) is 2.66. The molecule has 1 aromatic carbocycles. The molecule has 0 amide bonds. The maximum absolute atomic E-state index is 11.9. The molecule has 0 spiro atoms. The largest absolute Gasteiger partial charge is 0.375 e. The Morgan fingerprint density at radius 3 is 2.95 bits per heavy atom. The lowest BCUT2D eigenvalue weighted by Crippen LogP contribution is -2.09. The number of H-pyrrole nitrogens is 1. The van der Waals surface area contributed by atoms with Crippen LogP contribution in [0.4, 0.5) is 8.78 Å². The molecule has 1 aromatic heterocycles. The number of hydrogen-bond donors (Lipinski definition) is 1. The van der Waals surface area contributed by atoms with Crippen molar-refractivity contribution in [2.45, 2.75) is 12.8 Å². The molecule has 19 heavy (non-hydrogen) atoms. The van der Waals surface area contributed by atoms with E-state index in [1.165, 1.54) is 0 Å². The second kappa shape index (κ2) is 6.12. The number of hydrogen-bond acceptors (Lipinski definition) is 2. The third kappa shape index (κ3) is 3.52. The number of fused-ring (bicyclic) bond motifs is 1. The standard InChI is InChI=1S/C13H12ClF2NO2/c14-8-1-2-11-9(5-8)10(6-17-11)12(18)3-4-19-7-13(15)16/h1-2,5-6,13,17H,3-4,7H2. The van der Waals surface area contributed by atoms with Gasteiger partial charge in [-0.25, -0.2) is 8.78 Å². The molecule has 102 valence electrons. The summed E-state index contributed by atoms with van der Waals surface area (Å²) in [6.45, 7) is -0.663. The molecule has 0 atom stereocenters. The fourth-order valence-corrected chi connectivity index (χ4v) is 1.97. The molecule has 0 aliphatic carbocycles. The predicted octanol–water partition coefficient (Wildman–Crippen LogP) is 3.68. The van der Waals surface area contributed by atoms with Crippen molar-refractivity contribution in [2.75, 3.05) is 13.2 Å². The highest BCUT2D eigenvalue weighted by Gasteiger charge is 2.12. The van der Waals surface area contributed by atoms with Gasteiger partial charge in [-0.3, -0.25) is 4.79 Å². The lowest BCUT2D eigenvalue weighted by molar-refractivity contribution is 0.0170. The van der Waals surface area contributed by atoms with E-state index >= 15 is 0 Å². The number of ketones is 1. The van der Waals surface area contributed by atoms with E-state index in [0.717, 1.165) is 10.9 Å². The molecule has 2 aromatic rings. The fraction of sp³-hybridized carbons (Fsp3) is 0.308. The lowest BCUT2D eigenvalue weighted by Gasteiger charge is -2.02. The second-order valence-corrected chi connectivity index (χ2v) is 4.47. The van der Waals surface area contributed by atoms with E-state index in [1.807, 2.05) is 0 Å². The number of benzene rings is 1. The zero-order valence-electron chi connectivity index (χ0n) is 9.96. The van der Waals surface area contributed by atoms with E-state index in [-0.39, 0.29) is 18.8 Å². The van der Waals surface area contributed by atoms with Gasteiger partial charge in [0.15, 0.2) is 5.78 Å². The Morgan fingerprint density at radius 1 is 1.42 bits per heavy atom. The molecule has 0 saturated carbocycles. The molecule has 0 aliphatic heterocycles. The number of alkyl halides is 2. The summed E-state index contributed by atoms with van der Waals surface area (Å²) in [5, 5.41) is 1.27. The minimum atomic E-state index is -2.51. The highest BCUT2D eigenvalue weighted by Crippen LogP contribution is 2.23. The molecule has 6 heteroatoms. The van der Waals surface area contributed by atoms with E-state index in [4.69, 9.17) is 16.3 Å². The molecule has 1 N–H and O–H groups in total. The average molecular weight is 288 g/mol. The third-order valence-corrected chi connectivity index (χ3v) is 2.90. The Balaban J connectivity index is 2.03. The first-order chi connectivity index (χ1) is 9.08. The van der Waals surface area contributed by atoms with E-state index in [2.05, 4.69) is 4.98 Å². The van der Waals surface area contributed by atoms with E-state index in [9.17, 15) is 13.6 Å². The molecule has 0 fully saturated rings. The first kappa shape index (κ1) is 14.0. The lowest BCUT2D eigenvalue weighted by atomic mass is 10.1. The monoisotopic (exact) mass is 287 g/mol. The van der Waals surface area contributed by atoms with Crippen molar-refractivity contribution in [3.63, 3.8) is 0 Å². The molecule has 0 bridgehead atoms. The van der Waals surface area contributed by atoms with Crippen molar-refractivity contribution in [2.24, 2.45) is 0 Å². The molecule has 0 aliphatic rings. The average Bonchev–Trinajstić information content (AvgIpc) is 2.77. The van der Waals surface area contributed by atoms with Crippen LogP contribution in [0.2, 0.25) is 5.02 Å². The van der Waals surface area contributed by atoms with Crippen LogP contribution in [0.5, 0.6) is 0 Å². The van der Waals surface area contributed by atoms with Crippen LogP contribution in [0.3, 0.4) is 0 Å². The number of halogens is 3. The van der Waals surface area contributed by atoms with Gasteiger partial charge in [0.05, 0.1) is 6.61 Å². The molecule has 0 saturated heterocycles. The molecular weight excluding hydrogens is 276 g/mol. The Bertz CT molecular complexity index is 583. The first-order valence-electron chi connectivity index (χ1n) is 5.73. The summed E-state index contributed by atoms with van der Waals surface area (Å²) in [4.78, 5) is 14.9. The van der Waals surface area contributed by atoms with Gasteiger partial charge in [0.2, 0.25) is 0 Å². The van der Waals surface area contributed by atoms with Crippen molar-refractivity contribution < 1.29 is 18.3 Å². The van der Waals surface area contributed by atoms with Crippen molar-refractivity contribution in [1.82, 2.24) is 4.98 Å². The molecule has 1 heterocycles. The van der Waals surface area contributed by atoms with Crippen molar-refractivity contribution >= 4 is 28.3 Å². The summed E-state index contributed by atoms with van der Waals surface area (Å²) in [6, 6.07) is 5.20. The number of aromatic amines is 1. The van der Waals surface area contributed by atoms with Crippen LogP contribution in [0.1, 0.15) is 16.8 Å². The predicted molar refractivity (Wildman–Crippen MR) is 69.1 cm³/mol. The van der Waals surface area contributed by atoms with Crippen molar-refractivity contribution in [3.8, 4) is 0 Å². The Labute approximate surface area is 113 Å². The van der Waals surface area contributed by atoms with Crippen LogP contribution < -0.4 is 0 Å². The fourth-order valence-electron chi connectivity index (χ4n) is 1.80. The Hall–Kier alpha value is -1.46. The van der Waals surface area contributed by atoms with Crippen LogP contribution in [0.15, 0.2) is 24.4 Å². The zero-order valence-corrected chi connectivity index (χ0v) is 10.7. The molecule has 0 unspecified atom stereocenters. The number of rotatable bonds is 6. The van der Waals surface area contributed by atoms with E-state index < -0.39 is 13.0 Å². The minimum absolute atomic E-state index is 0.0174. The van der Waals surface area contributed by atoms with Gasteiger partial charge in [-0.2, -0.15) is 0 Å². The number of carbonyl (C=O) groups is 1. The SMILES string of the molecule is O=C(CCOCC(F)F)c1c[nH]c2ccc(Cl)cc12. The van der Waals surface area contributed by atoms with Gasteiger partial charge in [-0.15, -0.1) is 0 Å². The normalized spacial score (nSPS) is 11.4.